The molecule has 20 heavy (non-hydrogen) atoms. The fraction of sp³-hybridized carbons (Fsp3) is 0.889. The summed E-state index contributed by atoms with van der Waals surface area (Å²) in [6.07, 6.45) is 24.1. The molecule has 2 radical (unpaired) electrons. The molecule has 0 rings (SSSR count). The van der Waals surface area contributed by atoms with Crippen molar-refractivity contribution in [2.45, 2.75) is 96.8 Å². The van der Waals surface area contributed by atoms with Crippen molar-refractivity contribution in [2.24, 2.45) is 0 Å². The van der Waals surface area contributed by atoms with Crippen LogP contribution in [-0.4, -0.2) is 29.5 Å². The van der Waals surface area contributed by atoms with Gasteiger partial charge in [-0.25, -0.2) is 0 Å². The molecule has 0 aromatic rings. The molecule has 0 saturated carbocycles. The number of allylic oxidation sites excluding steroid dienone is 2. The predicted molar refractivity (Wildman–Crippen MR) is 92.6 cm³/mol. The molecule has 0 aromatic heterocycles. The Morgan fingerprint density at radius 3 is 1.60 bits per heavy atom. The minimum atomic E-state index is 0.959. The Morgan fingerprint density at radius 1 is 0.650 bits per heavy atom. The van der Waals surface area contributed by atoms with E-state index in [1.54, 1.807) is 0 Å². The zero-order valence-electron chi connectivity index (χ0n) is 13.7. The van der Waals surface area contributed by atoms with E-state index in [0.29, 0.717) is 0 Å². The first-order valence-electron chi connectivity index (χ1n) is 8.88. The minimum absolute atomic E-state index is 0.959. The van der Waals surface area contributed by atoms with Crippen molar-refractivity contribution in [3.8, 4) is 0 Å². The van der Waals surface area contributed by atoms with Gasteiger partial charge in [-0.05, 0) is 6.42 Å². The van der Waals surface area contributed by atoms with E-state index in [0.717, 1.165) is 29.5 Å². The third-order valence-electron chi connectivity index (χ3n) is 3.77. The molecule has 118 valence electrons. The van der Waals surface area contributed by atoms with Gasteiger partial charge in [-0.15, -0.1) is 0 Å². The van der Waals surface area contributed by atoms with Crippen molar-refractivity contribution in [3.63, 3.8) is 0 Å². The summed E-state index contributed by atoms with van der Waals surface area (Å²) in [6, 6.07) is 0. The van der Waals surface area contributed by atoms with Crippen LogP contribution in [0.2, 0.25) is 0 Å². The fourth-order valence-electron chi connectivity index (χ4n) is 2.43. The average Bonchev–Trinajstić information content (AvgIpc) is 2.47. The molecule has 0 atom stereocenters. The quantitative estimate of drug-likeness (QED) is 0.183. The van der Waals surface area contributed by atoms with Crippen LogP contribution in [0.25, 0.3) is 0 Å². The molecule has 0 amide bonds. The van der Waals surface area contributed by atoms with Crippen molar-refractivity contribution < 1.29 is 3.07 Å². The van der Waals surface area contributed by atoms with Crippen molar-refractivity contribution in [1.29, 1.82) is 0 Å². The molecule has 0 fully saturated rings. The van der Waals surface area contributed by atoms with Gasteiger partial charge in [-0.2, -0.15) is 0 Å². The summed E-state index contributed by atoms with van der Waals surface area (Å²) in [5.41, 5.74) is 0. The first-order chi connectivity index (χ1) is 9.91. The Labute approximate surface area is 141 Å². The fourth-order valence-corrected chi connectivity index (χ4v) is 2.91. The SMILES string of the molecule is CCCCCCCC/C=C\CCCCCCCC[O][SnH]. The van der Waals surface area contributed by atoms with Gasteiger partial charge in [0.2, 0.25) is 0 Å². The maximum atomic E-state index is 5.18. The Kier molecular flexibility index (Phi) is 20.0. The Hall–Kier alpha value is 0.499. The van der Waals surface area contributed by atoms with Gasteiger partial charge in [0.15, 0.2) is 0 Å². The summed E-state index contributed by atoms with van der Waals surface area (Å²) in [5.74, 6) is 0. The van der Waals surface area contributed by atoms with Crippen molar-refractivity contribution in [3.05, 3.63) is 12.2 Å². The summed E-state index contributed by atoms with van der Waals surface area (Å²) in [7, 11) is 0. The number of hydrogen-bond donors (Lipinski definition) is 0. The van der Waals surface area contributed by atoms with E-state index in [4.69, 9.17) is 3.07 Å². The van der Waals surface area contributed by atoms with Gasteiger partial charge in [0.1, 0.15) is 0 Å². The summed E-state index contributed by atoms with van der Waals surface area (Å²) < 4.78 is 5.18. The van der Waals surface area contributed by atoms with Gasteiger partial charge in [0.25, 0.3) is 0 Å². The molecule has 2 heteroatoms. The molecule has 0 unspecified atom stereocenters. The maximum absolute atomic E-state index is 5.18. The number of hydrogen-bond acceptors (Lipinski definition) is 1. The van der Waals surface area contributed by atoms with Gasteiger partial charge >= 0.3 is 96.1 Å². The number of rotatable bonds is 16. The van der Waals surface area contributed by atoms with Crippen molar-refractivity contribution in [2.75, 3.05) is 6.61 Å². The van der Waals surface area contributed by atoms with Crippen LogP contribution in [0.3, 0.4) is 0 Å². The van der Waals surface area contributed by atoms with E-state index < -0.39 is 0 Å². The van der Waals surface area contributed by atoms with Crippen LogP contribution in [0.1, 0.15) is 96.8 Å². The molecule has 0 aliphatic heterocycles. The molecule has 0 bridgehead atoms. The topological polar surface area (TPSA) is 9.23 Å². The van der Waals surface area contributed by atoms with Crippen molar-refractivity contribution >= 4 is 22.9 Å². The van der Waals surface area contributed by atoms with Crippen LogP contribution < -0.4 is 0 Å². The molecular weight excluding hydrogens is 351 g/mol. The van der Waals surface area contributed by atoms with Gasteiger partial charge < -0.3 is 0 Å². The zero-order valence-corrected chi connectivity index (χ0v) is 17.0. The standard InChI is InChI=1S/C18H35O.Sn.H/c1-2-3-4-5-6-7-8-9-10-11-12-13-14-15-16-17-18-19;;/h9-10H,2-8,11-18H2,1H3;;/q-1;+1;/b10-9-;;. The first kappa shape index (κ1) is 20.5. The Balaban J connectivity index is 3.01. The summed E-state index contributed by atoms with van der Waals surface area (Å²) in [4.78, 5) is 0. The van der Waals surface area contributed by atoms with Crippen LogP contribution in [-0.2, 0) is 3.07 Å². The monoisotopic (exact) mass is 388 g/mol. The second-order valence-corrected chi connectivity index (χ2v) is 6.76. The van der Waals surface area contributed by atoms with E-state index in [-0.39, 0.29) is 0 Å². The van der Waals surface area contributed by atoms with Crippen LogP contribution in [0.15, 0.2) is 12.2 Å². The summed E-state index contributed by atoms with van der Waals surface area (Å²) >= 11 is 0.959. The van der Waals surface area contributed by atoms with Crippen LogP contribution >= 0.6 is 0 Å². The van der Waals surface area contributed by atoms with Gasteiger partial charge in [0, 0.05) is 0 Å². The van der Waals surface area contributed by atoms with Gasteiger partial charge in [-0.1, -0.05) is 39.0 Å². The third-order valence-corrected chi connectivity index (χ3v) is 4.45. The first-order valence-corrected chi connectivity index (χ1v) is 10.2. The summed E-state index contributed by atoms with van der Waals surface area (Å²) in [6.45, 7) is 3.27. The molecule has 0 heterocycles. The van der Waals surface area contributed by atoms with E-state index >= 15 is 0 Å². The summed E-state index contributed by atoms with van der Waals surface area (Å²) in [5, 5.41) is 0. The molecule has 0 aliphatic carbocycles. The van der Waals surface area contributed by atoms with Crippen LogP contribution in [0.4, 0.5) is 0 Å². The second-order valence-electron chi connectivity index (χ2n) is 5.81. The van der Waals surface area contributed by atoms with Gasteiger partial charge in [0.05, 0.1) is 0 Å². The second kappa shape index (κ2) is 19.5. The molecular formula is C18H36OSn. The molecule has 0 N–H and O–H groups in total. The molecule has 0 aromatic carbocycles. The normalized spacial score (nSPS) is 11.5. The zero-order chi connectivity index (χ0) is 14.7. The third kappa shape index (κ3) is 18.5. The van der Waals surface area contributed by atoms with Crippen LogP contribution in [0.5, 0.6) is 0 Å². The Bertz CT molecular complexity index is 192. The van der Waals surface area contributed by atoms with E-state index in [2.05, 4.69) is 19.1 Å². The average molecular weight is 387 g/mol. The van der Waals surface area contributed by atoms with E-state index in [1.165, 1.54) is 89.9 Å². The predicted octanol–water partition coefficient (Wildman–Crippen LogP) is 5.86. The van der Waals surface area contributed by atoms with E-state index in [1.807, 2.05) is 0 Å². The molecule has 0 aliphatic rings. The Morgan fingerprint density at radius 2 is 1.10 bits per heavy atom. The number of unbranched alkanes of at least 4 members (excludes halogenated alkanes) is 12. The van der Waals surface area contributed by atoms with Crippen molar-refractivity contribution in [1.82, 2.24) is 0 Å². The molecule has 0 spiro atoms. The molecule has 0 saturated heterocycles. The van der Waals surface area contributed by atoms with E-state index in [9.17, 15) is 0 Å². The van der Waals surface area contributed by atoms with Crippen LogP contribution in [0, 0.1) is 0 Å². The van der Waals surface area contributed by atoms with Gasteiger partial charge in [-0.3, -0.25) is 0 Å². The molecule has 1 nitrogen and oxygen atoms in total.